The van der Waals surface area contributed by atoms with Crippen LogP contribution in [0.25, 0.3) is 10.9 Å². The van der Waals surface area contributed by atoms with Gasteiger partial charge in [0.15, 0.2) is 22.4 Å². The van der Waals surface area contributed by atoms with Crippen molar-refractivity contribution in [3.8, 4) is 17.2 Å². The third-order valence-electron chi connectivity index (χ3n) is 5.13. The van der Waals surface area contributed by atoms with Gasteiger partial charge in [-0.2, -0.15) is 5.06 Å². The molecule has 0 spiro atoms. The van der Waals surface area contributed by atoms with E-state index in [9.17, 15) is 4.79 Å². The Kier molecular flexibility index (Phi) is 5.16. The number of hydrogen-bond acceptors (Lipinski definition) is 7. The van der Waals surface area contributed by atoms with Crippen molar-refractivity contribution >= 4 is 39.1 Å². The fourth-order valence-electron chi connectivity index (χ4n) is 3.62. The van der Waals surface area contributed by atoms with Gasteiger partial charge in [0.2, 0.25) is 0 Å². The van der Waals surface area contributed by atoms with Gasteiger partial charge in [0.1, 0.15) is 0 Å². The van der Waals surface area contributed by atoms with Gasteiger partial charge in [-0.15, -0.1) is 11.3 Å². The Morgan fingerprint density at radius 3 is 2.75 bits per heavy atom. The van der Waals surface area contributed by atoms with E-state index in [0.717, 1.165) is 28.6 Å². The summed E-state index contributed by atoms with van der Waals surface area (Å²) < 4.78 is 12.4. The van der Waals surface area contributed by atoms with Crippen LogP contribution in [0, 0.1) is 0 Å². The van der Waals surface area contributed by atoms with Gasteiger partial charge in [0, 0.05) is 35.4 Å². The number of benzene rings is 2. The van der Waals surface area contributed by atoms with Gasteiger partial charge in [-0.25, -0.2) is 9.78 Å². The quantitative estimate of drug-likeness (QED) is 0.460. The first-order chi connectivity index (χ1) is 15.7. The number of aromatic nitrogens is 2. The molecule has 9 heteroatoms. The van der Waals surface area contributed by atoms with E-state index in [1.165, 1.54) is 11.3 Å². The van der Waals surface area contributed by atoms with E-state index in [1.54, 1.807) is 36.2 Å². The highest BCUT2D eigenvalue weighted by Gasteiger charge is 2.19. The maximum atomic E-state index is 12.6. The Hall–Kier alpha value is -3.98. The molecule has 1 aliphatic rings. The van der Waals surface area contributed by atoms with Crippen molar-refractivity contribution in [2.75, 3.05) is 24.6 Å². The third-order valence-corrected chi connectivity index (χ3v) is 5.82. The van der Waals surface area contributed by atoms with E-state index in [0.29, 0.717) is 22.4 Å². The van der Waals surface area contributed by atoms with Crippen molar-refractivity contribution < 1.29 is 19.1 Å². The van der Waals surface area contributed by atoms with Crippen molar-refractivity contribution in [1.29, 1.82) is 0 Å². The van der Waals surface area contributed by atoms with Crippen LogP contribution >= 0.6 is 11.3 Å². The molecule has 8 nitrogen and oxygen atoms in total. The van der Waals surface area contributed by atoms with Gasteiger partial charge in [0.25, 0.3) is 0 Å². The topological polar surface area (TPSA) is 77.8 Å². The number of hydroxylamine groups is 1. The standard InChI is InChI=1S/C23H20N4O4S/c1-29-20-13-15-4-3-9-27(19(15)14-21(20)30-2)31-17-5-6-18-16(12-17)7-10-26(18)23(28)25-22-24-8-11-32-22/h3,5-14H,4H2,1-2H3,(H,24,25,28). The number of hydrogen-bond donors (Lipinski definition) is 1. The van der Waals surface area contributed by atoms with Crippen LogP contribution in [0.1, 0.15) is 5.56 Å². The molecule has 0 aliphatic carbocycles. The molecule has 0 saturated heterocycles. The Balaban J connectivity index is 1.40. The largest absolute Gasteiger partial charge is 0.493 e. The average Bonchev–Trinajstić information content (AvgIpc) is 3.48. The number of amides is 1. The molecule has 0 radical (unpaired) electrons. The summed E-state index contributed by atoms with van der Waals surface area (Å²) in [6.07, 6.45) is 8.05. The number of fused-ring (bicyclic) bond motifs is 2. The molecule has 1 amide bonds. The Morgan fingerprint density at radius 2 is 1.97 bits per heavy atom. The summed E-state index contributed by atoms with van der Waals surface area (Å²) >= 11 is 1.37. The molecule has 1 N–H and O–H groups in total. The number of ether oxygens (including phenoxy) is 2. The number of allylic oxidation sites excluding steroid dienone is 1. The zero-order chi connectivity index (χ0) is 22.1. The summed E-state index contributed by atoms with van der Waals surface area (Å²) in [7, 11) is 3.23. The highest BCUT2D eigenvalue weighted by atomic mass is 32.1. The molecule has 0 atom stereocenters. The van der Waals surface area contributed by atoms with E-state index >= 15 is 0 Å². The fourth-order valence-corrected chi connectivity index (χ4v) is 4.14. The first-order valence-electron chi connectivity index (χ1n) is 9.87. The molecule has 0 fully saturated rings. The van der Waals surface area contributed by atoms with Crippen LogP contribution in [0.3, 0.4) is 0 Å². The molecule has 5 rings (SSSR count). The lowest BCUT2D eigenvalue weighted by molar-refractivity contribution is 0.254. The smallest absolute Gasteiger partial charge is 0.332 e. The van der Waals surface area contributed by atoms with Crippen LogP contribution in [0.5, 0.6) is 17.2 Å². The number of thiazole rings is 1. The predicted octanol–water partition coefficient (Wildman–Crippen LogP) is 5.07. The van der Waals surface area contributed by atoms with Crippen molar-refractivity contribution in [1.82, 2.24) is 9.55 Å². The molecule has 0 saturated carbocycles. The van der Waals surface area contributed by atoms with Crippen LogP contribution in [0.15, 0.2) is 66.4 Å². The number of carbonyl (C=O) groups excluding carboxylic acids is 1. The van der Waals surface area contributed by atoms with Gasteiger partial charge < -0.3 is 14.3 Å². The molecule has 2 aromatic carbocycles. The summed E-state index contributed by atoms with van der Waals surface area (Å²) in [4.78, 5) is 22.8. The lowest BCUT2D eigenvalue weighted by atomic mass is 10.1. The van der Waals surface area contributed by atoms with Crippen LogP contribution in [0.2, 0.25) is 0 Å². The zero-order valence-corrected chi connectivity index (χ0v) is 18.3. The number of nitrogens with one attached hydrogen (secondary N) is 1. The van der Waals surface area contributed by atoms with Crippen molar-refractivity contribution in [3.63, 3.8) is 0 Å². The van der Waals surface area contributed by atoms with Crippen LogP contribution in [0.4, 0.5) is 15.6 Å². The molecule has 2 aromatic heterocycles. The predicted molar refractivity (Wildman–Crippen MR) is 124 cm³/mol. The molecular formula is C23H20N4O4S. The Bertz CT molecular complexity index is 1310. The van der Waals surface area contributed by atoms with Crippen molar-refractivity contribution in [3.05, 3.63) is 72.0 Å². The maximum Gasteiger partial charge on any atom is 0.332 e. The highest BCUT2D eigenvalue weighted by molar-refractivity contribution is 7.13. The molecule has 162 valence electrons. The van der Waals surface area contributed by atoms with E-state index in [2.05, 4.69) is 10.3 Å². The van der Waals surface area contributed by atoms with E-state index in [1.807, 2.05) is 54.1 Å². The maximum absolute atomic E-state index is 12.6. The second kappa shape index (κ2) is 8.27. The lowest BCUT2D eigenvalue weighted by Crippen LogP contribution is -2.24. The van der Waals surface area contributed by atoms with Crippen LogP contribution < -0.4 is 24.7 Å². The lowest BCUT2D eigenvalue weighted by Gasteiger charge is -2.27. The molecule has 3 heterocycles. The second-order valence-electron chi connectivity index (χ2n) is 7.02. The summed E-state index contributed by atoms with van der Waals surface area (Å²) in [6, 6.07) is 11.0. The number of methoxy groups -OCH3 is 2. The molecule has 0 bridgehead atoms. The summed E-state index contributed by atoms with van der Waals surface area (Å²) in [6.45, 7) is 0. The number of carbonyl (C=O) groups is 1. The van der Waals surface area contributed by atoms with Gasteiger partial charge in [0.05, 0.1) is 25.4 Å². The monoisotopic (exact) mass is 448 g/mol. The minimum absolute atomic E-state index is 0.266. The Labute approximate surface area is 188 Å². The molecule has 1 aliphatic heterocycles. The molecule has 4 aromatic rings. The summed E-state index contributed by atoms with van der Waals surface area (Å²) in [5.74, 6) is 1.96. The summed E-state index contributed by atoms with van der Waals surface area (Å²) in [5, 5.41) is 7.74. The molecule has 0 unspecified atom stereocenters. The van der Waals surface area contributed by atoms with E-state index in [4.69, 9.17) is 14.3 Å². The normalized spacial score (nSPS) is 12.5. The van der Waals surface area contributed by atoms with E-state index < -0.39 is 0 Å². The highest BCUT2D eigenvalue weighted by Crippen LogP contribution is 2.38. The Morgan fingerprint density at radius 1 is 1.12 bits per heavy atom. The van der Waals surface area contributed by atoms with Crippen LogP contribution in [-0.2, 0) is 6.42 Å². The first-order valence-corrected chi connectivity index (χ1v) is 10.7. The van der Waals surface area contributed by atoms with Gasteiger partial charge in [-0.05, 0) is 42.3 Å². The fraction of sp³-hybridized carbons (Fsp3) is 0.130. The number of rotatable bonds is 5. The molecule has 32 heavy (non-hydrogen) atoms. The average molecular weight is 449 g/mol. The number of nitrogens with zero attached hydrogens (tertiary/aromatic N) is 3. The second-order valence-corrected chi connectivity index (χ2v) is 7.91. The number of anilines is 2. The summed E-state index contributed by atoms with van der Waals surface area (Å²) in [5.41, 5.74) is 2.72. The van der Waals surface area contributed by atoms with Crippen molar-refractivity contribution in [2.24, 2.45) is 0 Å². The first kappa shape index (κ1) is 20.0. The van der Waals surface area contributed by atoms with Gasteiger partial charge in [-0.1, -0.05) is 6.08 Å². The van der Waals surface area contributed by atoms with Crippen LogP contribution in [-0.4, -0.2) is 29.8 Å². The van der Waals surface area contributed by atoms with Crippen molar-refractivity contribution in [2.45, 2.75) is 6.42 Å². The SMILES string of the molecule is COc1cc2c(cc1OC)N(Oc1ccc3c(ccn3C(=O)Nc3nccs3)c1)C=CC2. The molecular weight excluding hydrogens is 428 g/mol. The third kappa shape index (κ3) is 3.63. The van der Waals surface area contributed by atoms with Gasteiger partial charge >= 0.3 is 6.03 Å². The van der Waals surface area contributed by atoms with E-state index in [-0.39, 0.29) is 6.03 Å². The minimum atomic E-state index is -0.266. The minimum Gasteiger partial charge on any atom is -0.493 e. The zero-order valence-electron chi connectivity index (χ0n) is 17.4. The van der Waals surface area contributed by atoms with Gasteiger partial charge in [-0.3, -0.25) is 9.88 Å².